The van der Waals surface area contributed by atoms with Gasteiger partial charge in [0.05, 0.1) is 6.61 Å². The topological polar surface area (TPSA) is 34.1 Å². The summed E-state index contributed by atoms with van der Waals surface area (Å²) in [5.74, 6) is 1.87. The molecular formula is C16H20N2O. The van der Waals surface area contributed by atoms with E-state index in [4.69, 9.17) is 4.74 Å². The van der Waals surface area contributed by atoms with E-state index in [0.717, 1.165) is 24.5 Å². The van der Waals surface area contributed by atoms with Crippen LogP contribution in [0.2, 0.25) is 0 Å². The summed E-state index contributed by atoms with van der Waals surface area (Å²) in [7, 11) is 0. The van der Waals surface area contributed by atoms with Crippen LogP contribution in [0.15, 0.2) is 42.6 Å². The van der Waals surface area contributed by atoms with Crippen LogP contribution in [0.1, 0.15) is 17.5 Å². The Morgan fingerprint density at radius 3 is 2.58 bits per heavy atom. The van der Waals surface area contributed by atoms with Crippen LogP contribution in [0.5, 0.6) is 5.75 Å². The molecule has 0 aliphatic rings. The maximum atomic E-state index is 5.75. The molecule has 0 amide bonds. The molecule has 19 heavy (non-hydrogen) atoms. The maximum Gasteiger partial charge on any atom is 0.125 e. The first-order valence-corrected chi connectivity index (χ1v) is 6.60. The molecule has 1 aromatic heterocycles. The van der Waals surface area contributed by atoms with E-state index in [2.05, 4.69) is 42.3 Å². The number of ether oxygens (including phenoxy) is 1. The lowest BCUT2D eigenvalue weighted by Gasteiger charge is -2.09. The molecule has 0 radical (unpaired) electrons. The van der Waals surface area contributed by atoms with Crippen LogP contribution in [0, 0.1) is 13.8 Å². The van der Waals surface area contributed by atoms with Gasteiger partial charge in [0.1, 0.15) is 11.6 Å². The summed E-state index contributed by atoms with van der Waals surface area (Å²) in [6, 6.07) is 12.1. The van der Waals surface area contributed by atoms with Gasteiger partial charge in [-0.05, 0) is 55.7 Å². The summed E-state index contributed by atoms with van der Waals surface area (Å²) in [5, 5.41) is 3.26. The quantitative estimate of drug-likeness (QED) is 0.802. The number of aromatic nitrogens is 1. The standard InChI is InChI=1S/C16H20N2O/c1-13-10-14(2)12-15(11-13)19-9-5-8-18-16-6-3-4-7-17-16/h3-4,6-7,10-12H,5,8-9H2,1-2H3,(H,17,18). The van der Waals surface area contributed by atoms with Crippen molar-refractivity contribution in [1.29, 1.82) is 0 Å². The largest absolute Gasteiger partial charge is 0.494 e. The van der Waals surface area contributed by atoms with Gasteiger partial charge in [-0.1, -0.05) is 12.1 Å². The van der Waals surface area contributed by atoms with Gasteiger partial charge < -0.3 is 10.1 Å². The van der Waals surface area contributed by atoms with Crippen LogP contribution in [-0.4, -0.2) is 18.1 Å². The summed E-state index contributed by atoms with van der Waals surface area (Å²) in [5.41, 5.74) is 2.48. The number of nitrogens with zero attached hydrogens (tertiary/aromatic N) is 1. The SMILES string of the molecule is Cc1cc(C)cc(OCCCNc2ccccn2)c1. The number of aryl methyl sites for hydroxylation is 2. The molecule has 0 aliphatic carbocycles. The second kappa shape index (κ2) is 6.78. The lowest BCUT2D eigenvalue weighted by Crippen LogP contribution is -2.08. The van der Waals surface area contributed by atoms with Gasteiger partial charge in [0.15, 0.2) is 0 Å². The first-order chi connectivity index (χ1) is 9.24. The van der Waals surface area contributed by atoms with Crippen LogP contribution in [0.3, 0.4) is 0 Å². The van der Waals surface area contributed by atoms with E-state index in [1.165, 1.54) is 11.1 Å². The minimum absolute atomic E-state index is 0.711. The fourth-order valence-electron chi connectivity index (χ4n) is 1.96. The molecule has 2 aromatic rings. The molecule has 100 valence electrons. The number of hydrogen-bond donors (Lipinski definition) is 1. The van der Waals surface area contributed by atoms with E-state index in [9.17, 15) is 0 Å². The minimum Gasteiger partial charge on any atom is -0.494 e. The zero-order valence-electron chi connectivity index (χ0n) is 11.5. The van der Waals surface area contributed by atoms with E-state index in [-0.39, 0.29) is 0 Å². The zero-order valence-corrected chi connectivity index (χ0v) is 11.5. The molecule has 0 saturated carbocycles. The highest BCUT2D eigenvalue weighted by atomic mass is 16.5. The molecule has 0 aliphatic heterocycles. The molecule has 2 rings (SSSR count). The number of pyridine rings is 1. The number of rotatable bonds is 6. The average Bonchev–Trinajstić information content (AvgIpc) is 2.38. The molecule has 0 saturated heterocycles. The first-order valence-electron chi connectivity index (χ1n) is 6.60. The molecule has 0 bridgehead atoms. The molecule has 0 fully saturated rings. The number of benzene rings is 1. The van der Waals surface area contributed by atoms with Crippen molar-refractivity contribution in [3.63, 3.8) is 0 Å². The number of hydrogen-bond acceptors (Lipinski definition) is 3. The monoisotopic (exact) mass is 256 g/mol. The smallest absolute Gasteiger partial charge is 0.125 e. The van der Waals surface area contributed by atoms with Crippen LogP contribution >= 0.6 is 0 Å². The molecule has 0 spiro atoms. The van der Waals surface area contributed by atoms with E-state index in [0.29, 0.717) is 6.61 Å². The maximum absolute atomic E-state index is 5.75. The van der Waals surface area contributed by atoms with Crippen LogP contribution in [-0.2, 0) is 0 Å². The average molecular weight is 256 g/mol. The van der Waals surface area contributed by atoms with E-state index >= 15 is 0 Å². The zero-order chi connectivity index (χ0) is 13.5. The molecule has 3 nitrogen and oxygen atoms in total. The van der Waals surface area contributed by atoms with E-state index in [1.54, 1.807) is 6.20 Å². The van der Waals surface area contributed by atoms with Crippen molar-refractivity contribution in [3.8, 4) is 5.75 Å². The predicted molar refractivity (Wildman–Crippen MR) is 78.8 cm³/mol. The molecule has 0 atom stereocenters. The van der Waals surface area contributed by atoms with Gasteiger partial charge >= 0.3 is 0 Å². The third-order valence-corrected chi connectivity index (χ3v) is 2.76. The third kappa shape index (κ3) is 4.62. The van der Waals surface area contributed by atoms with Crippen molar-refractivity contribution >= 4 is 5.82 Å². The Bertz CT molecular complexity index is 491. The Kier molecular flexibility index (Phi) is 4.78. The van der Waals surface area contributed by atoms with Gasteiger partial charge in [-0.25, -0.2) is 4.98 Å². The Morgan fingerprint density at radius 1 is 1.11 bits per heavy atom. The van der Waals surface area contributed by atoms with Gasteiger partial charge in [-0.2, -0.15) is 0 Å². The molecule has 1 heterocycles. The van der Waals surface area contributed by atoms with E-state index in [1.807, 2.05) is 18.2 Å². The van der Waals surface area contributed by atoms with Gasteiger partial charge in [-0.3, -0.25) is 0 Å². The highest BCUT2D eigenvalue weighted by Crippen LogP contribution is 2.16. The Labute approximate surface area is 114 Å². The van der Waals surface area contributed by atoms with Crippen molar-refractivity contribution in [2.75, 3.05) is 18.5 Å². The van der Waals surface area contributed by atoms with Gasteiger partial charge in [0, 0.05) is 12.7 Å². The number of nitrogens with one attached hydrogen (secondary N) is 1. The van der Waals surface area contributed by atoms with Crippen molar-refractivity contribution in [2.45, 2.75) is 20.3 Å². The summed E-state index contributed by atoms with van der Waals surface area (Å²) in [6.07, 6.45) is 2.73. The second-order valence-electron chi connectivity index (χ2n) is 4.67. The molecule has 1 N–H and O–H groups in total. The fourth-order valence-corrected chi connectivity index (χ4v) is 1.96. The highest BCUT2D eigenvalue weighted by Gasteiger charge is 1.97. The van der Waals surface area contributed by atoms with Crippen LogP contribution in [0.4, 0.5) is 5.82 Å². The fraction of sp³-hybridized carbons (Fsp3) is 0.312. The Morgan fingerprint density at radius 2 is 1.89 bits per heavy atom. The van der Waals surface area contributed by atoms with Gasteiger partial charge in [-0.15, -0.1) is 0 Å². The Balaban J connectivity index is 1.69. The van der Waals surface area contributed by atoms with Crippen molar-refractivity contribution < 1.29 is 4.74 Å². The normalized spacial score (nSPS) is 10.2. The minimum atomic E-state index is 0.711. The first kappa shape index (κ1) is 13.4. The van der Waals surface area contributed by atoms with Crippen LogP contribution in [0.25, 0.3) is 0 Å². The second-order valence-corrected chi connectivity index (χ2v) is 4.67. The molecule has 0 unspecified atom stereocenters. The summed E-state index contributed by atoms with van der Waals surface area (Å²) < 4.78 is 5.75. The lowest BCUT2D eigenvalue weighted by molar-refractivity contribution is 0.314. The summed E-state index contributed by atoms with van der Waals surface area (Å²) in [6.45, 7) is 5.75. The van der Waals surface area contributed by atoms with Crippen molar-refractivity contribution in [3.05, 3.63) is 53.7 Å². The number of anilines is 1. The summed E-state index contributed by atoms with van der Waals surface area (Å²) >= 11 is 0. The lowest BCUT2D eigenvalue weighted by atomic mass is 10.1. The molecular weight excluding hydrogens is 236 g/mol. The Hall–Kier alpha value is -2.03. The van der Waals surface area contributed by atoms with Gasteiger partial charge in [0.25, 0.3) is 0 Å². The van der Waals surface area contributed by atoms with Crippen LogP contribution < -0.4 is 10.1 Å². The predicted octanol–water partition coefficient (Wildman–Crippen LogP) is 3.58. The third-order valence-electron chi connectivity index (χ3n) is 2.76. The molecule has 1 aromatic carbocycles. The summed E-state index contributed by atoms with van der Waals surface area (Å²) in [4.78, 5) is 4.21. The van der Waals surface area contributed by atoms with E-state index < -0.39 is 0 Å². The highest BCUT2D eigenvalue weighted by molar-refractivity contribution is 5.33. The van der Waals surface area contributed by atoms with Crippen molar-refractivity contribution in [2.24, 2.45) is 0 Å². The van der Waals surface area contributed by atoms with Gasteiger partial charge in [0.2, 0.25) is 0 Å². The van der Waals surface area contributed by atoms with Crippen molar-refractivity contribution in [1.82, 2.24) is 4.98 Å². The molecule has 3 heteroatoms.